The number of hydrogen-bond donors (Lipinski definition) is 2. The van der Waals surface area contributed by atoms with E-state index in [4.69, 9.17) is 9.84 Å². The summed E-state index contributed by atoms with van der Waals surface area (Å²) in [6.45, 7) is 7.60. The third kappa shape index (κ3) is 3.19. The predicted molar refractivity (Wildman–Crippen MR) is 62.6 cm³/mol. The molecule has 1 aliphatic rings. The Hall–Kier alpha value is -1.10. The van der Waals surface area contributed by atoms with Crippen molar-refractivity contribution in [1.82, 2.24) is 5.32 Å². The van der Waals surface area contributed by atoms with Gasteiger partial charge in [-0.15, -0.1) is 0 Å². The monoisotopic (exact) mass is 243 g/mol. The van der Waals surface area contributed by atoms with Crippen molar-refractivity contribution < 1.29 is 19.4 Å². The minimum atomic E-state index is -1.02. The molecule has 1 amide bonds. The lowest BCUT2D eigenvalue weighted by Gasteiger charge is -2.31. The van der Waals surface area contributed by atoms with Gasteiger partial charge in [-0.25, -0.2) is 4.79 Å². The fraction of sp³-hybridized carbons (Fsp3) is 0.833. The highest BCUT2D eigenvalue weighted by atomic mass is 16.5. The van der Waals surface area contributed by atoms with Gasteiger partial charge in [0.25, 0.3) is 5.91 Å². The van der Waals surface area contributed by atoms with E-state index in [2.05, 4.69) is 5.32 Å². The van der Waals surface area contributed by atoms with Crippen molar-refractivity contribution in [1.29, 1.82) is 0 Å². The van der Waals surface area contributed by atoms with E-state index in [0.29, 0.717) is 13.0 Å². The third-order valence-electron chi connectivity index (χ3n) is 3.09. The maximum absolute atomic E-state index is 12.0. The molecule has 98 valence electrons. The lowest BCUT2D eigenvalue weighted by Crippen LogP contribution is -2.55. The molecule has 5 heteroatoms. The summed E-state index contributed by atoms with van der Waals surface area (Å²) in [5, 5.41) is 11.7. The van der Waals surface area contributed by atoms with E-state index in [1.165, 1.54) is 0 Å². The molecular weight excluding hydrogens is 222 g/mol. The zero-order chi connectivity index (χ0) is 13.3. The second kappa shape index (κ2) is 4.64. The van der Waals surface area contributed by atoms with Crippen LogP contribution in [-0.4, -0.2) is 35.2 Å². The zero-order valence-electron chi connectivity index (χ0n) is 10.9. The largest absolute Gasteiger partial charge is 0.480 e. The van der Waals surface area contributed by atoms with Crippen LogP contribution < -0.4 is 5.32 Å². The Morgan fingerprint density at radius 2 is 2.00 bits per heavy atom. The Morgan fingerprint density at radius 1 is 1.41 bits per heavy atom. The first kappa shape index (κ1) is 14.0. The maximum Gasteiger partial charge on any atom is 0.326 e. The molecule has 1 rings (SSSR count). The highest BCUT2D eigenvalue weighted by Crippen LogP contribution is 2.27. The molecule has 0 bridgehead atoms. The van der Waals surface area contributed by atoms with Gasteiger partial charge in [0.15, 0.2) is 0 Å². The first-order valence-corrected chi connectivity index (χ1v) is 5.84. The summed E-state index contributed by atoms with van der Waals surface area (Å²) in [4.78, 5) is 23.2. The quantitative estimate of drug-likeness (QED) is 0.780. The standard InChI is InChI=1S/C12H21NO4/c1-11(2,3)8(9(14)15)13-10(16)12(4)6-5-7-17-12/h8H,5-7H2,1-4H3,(H,13,16)(H,14,15)/t8-,12?/m1/s1. The smallest absolute Gasteiger partial charge is 0.326 e. The van der Waals surface area contributed by atoms with Crippen LogP contribution in [0.25, 0.3) is 0 Å². The van der Waals surface area contributed by atoms with Gasteiger partial charge in [0, 0.05) is 6.61 Å². The second-order valence-electron chi connectivity index (χ2n) is 5.79. The molecule has 1 fully saturated rings. The van der Waals surface area contributed by atoms with Crippen LogP contribution in [0.2, 0.25) is 0 Å². The zero-order valence-corrected chi connectivity index (χ0v) is 10.9. The second-order valence-corrected chi connectivity index (χ2v) is 5.79. The Labute approximate surface area is 102 Å². The van der Waals surface area contributed by atoms with Crippen LogP contribution in [0.5, 0.6) is 0 Å². The van der Waals surface area contributed by atoms with Crippen LogP contribution >= 0.6 is 0 Å². The Morgan fingerprint density at radius 3 is 2.35 bits per heavy atom. The van der Waals surface area contributed by atoms with Crippen molar-refractivity contribution in [2.75, 3.05) is 6.61 Å². The summed E-state index contributed by atoms with van der Waals surface area (Å²) in [6, 6.07) is -0.906. The number of hydrogen-bond acceptors (Lipinski definition) is 3. The minimum Gasteiger partial charge on any atom is -0.480 e. The van der Waals surface area contributed by atoms with Gasteiger partial charge < -0.3 is 15.2 Å². The van der Waals surface area contributed by atoms with E-state index >= 15 is 0 Å². The van der Waals surface area contributed by atoms with Crippen molar-refractivity contribution in [2.24, 2.45) is 5.41 Å². The number of ether oxygens (including phenoxy) is 1. The normalized spacial score (nSPS) is 26.6. The molecule has 0 aromatic heterocycles. The Bertz CT molecular complexity index is 313. The number of aliphatic carboxylic acids is 1. The fourth-order valence-electron chi connectivity index (χ4n) is 1.89. The molecule has 0 aromatic carbocycles. The number of carboxylic acids is 1. The number of amides is 1. The third-order valence-corrected chi connectivity index (χ3v) is 3.09. The van der Waals surface area contributed by atoms with E-state index < -0.39 is 23.0 Å². The molecule has 5 nitrogen and oxygen atoms in total. The van der Waals surface area contributed by atoms with E-state index in [1.807, 2.05) is 0 Å². The van der Waals surface area contributed by atoms with Gasteiger partial charge in [0.2, 0.25) is 0 Å². The van der Waals surface area contributed by atoms with E-state index in [-0.39, 0.29) is 5.91 Å². The predicted octanol–water partition coefficient (Wildman–Crippen LogP) is 1.17. The molecule has 17 heavy (non-hydrogen) atoms. The lowest BCUT2D eigenvalue weighted by molar-refractivity contribution is -0.150. The van der Waals surface area contributed by atoms with Gasteiger partial charge in [-0.2, -0.15) is 0 Å². The topological polar surface area (TPSA) is 75.6 Å². The summed E-state index contributed by atoms with van der Waals surface area (Å²) >= 11 is 0. The van der Waals surface area contributed by atoms with E-state index in [9.17, 15) is 9.59 Å². The van der Waals surface area contributed by atoms with Gasteiger partial charge in [0.05, 0.1) is 0 Å². The average molecular weight is 243 g/mol. The van der Waals surface area contributed by atoms with Crippen LogP contribution in [0.3, 0.4) is 0 Å². The lowest BCUT2D eigenvalue weighted by atomic mass is 9.86. The van der Waals surface area contributed by atoms with Gasteiger partial charge in [0.1, 0.15) is 11.6 Å². The summed E-state index contributed by atoms with van der Waals surface area (Å²) in [6.07, 6.45) is 1.46. The first-order valence-electron chi connectivity index (χ1n) is 5.84. The van der Waals surface area contributed by atoms with E-state index in [1.54, 1.807) is 27.7 Å². The van der Waals surface area contributed by atoms with Crippen molar-refractivity contribution in [3.05, 3.63) is 0 Å². The van der Waals surface area contributed by atoms with Gasteiger partial charge in [-0.1, -0.05) is 20.8 Å². The fourth-order valence-corrected chi connectivity index (χ4v) is 1.89. The molecule has 1 unspecified atom stereocenters. The van der Waals surface area contributed by atoms with Crippen molar-refractivity contribution >= 4 is 11.9 Å². The molecule has 1 heterocycles. The summed E-state index contributed by atoms with van der Waals surface area (Å²) in [5.74, 6) is -1.36. The molecule has 1 saturated heterocycles. The van der Waals surface area contributed by atoms with Crippen molar-refractivity contribution in [3.8, 4) is 0 Å². The van der Waals surface area contributed by atoms with Crippen molar-refractivity contribution in [3.63, 3.8) is 0 Å². The highest BCUT2D eigenvalue weighted by Gasteiger charge is 2.41. The number of carbonyl (C=O) groups excluding carboxylic acids is 1. The minimum absolute atomic E-state index is 0.336. The van der Waals surface area contributed by atoms with Crippen LogP contribution in [0.4, 0.5) is 0 Å². The van der Waals surface area contributed by atoms with Crippen molar-refractivity contribution in [2.45, 2.75) is 52.2 Å². The summed E-state index contributed by atoms with van der Waals surface area (Å²) in [5.41, 5.74) is -1.41. The maximum atomic E-state index is 12.0. The number of carboxylic acid groups (broad SMARTS) is 1. The van der Waals surface area contributed by atoms with Gasteiger partial charge in [-0.05, 0) is 25.2 Å². The summed E-state index contributed by atoms with van der Waals surface area (Å²) < 4.78 is 5.39. The summed E-state index contributed by atoms with van der Waals surface area (Å²) in [7, 11) is 0. The average Bonchev–Trinajstić information content (AvgIpc) is 2.60. The van der Waals surface area contributed by atoms with Crippen LogP contribution in [0.1, 0.15) is 40.5 Å². The SMILES string of the molecule is CC1(C(=O)N[C@H](C(=O)O)C(C)(C)C)CCCO1. The number of nitrogens with one attached hydrogen (secondary N) is 1. The molecule has 1 aliphatic heterocycles. The molecule has 0 spiro atoms. The van der Waals surface area contributed by atoms with Gasteiger partial charge >= 0.3 is 5.97 Å². The molecule has 0 saturated carbocycles. The van der Waals surface area contributed by atoms with Crippen LogP contribution in [-0.2, 0) is 14.3 Å². The number of rotatable bonds is 3. The van der Waals surface area contributed by atoms with Gasteiger partial charge in [-0.3, -0.25) is 4.79 Å². The number of carbonyl (C=O) groups is 2. The highest BCUT2D eigenvalue weighted by molar-refractivity contribution is 5.89. The molecule has 0 radical (unpaired) electrons. The van der Waals surface area contributed by atoms with E-state index in [0.717, 1.165) is 6.42 Å². The Balaban J connectivity index is 2.75. The molecule has 0 aromatic rings. The molecule has 2 N–H and O–H groups in total. The Kier molecular flexibility index (Phi) is 3.81. The molecule has 0 aliphatic carbocycles. The molecular formula is C12H21NO4. The first-order chi connectivity index (χ1) is 7.67. The molecule has 2 atom stereocenters. The van der Waals surface area contributed by atoms with Crippen LogP contribution in [0, 0.1) is 5.41 Å². The van der Waals surface area contributed by atoms with Crippen LogP contribution in [0.15, 0.2) is 0 Å².